The second-order valence-electron chi connectivity index (χ2n) is 9.22. The molecular formula is C26H28N8. The van der Waals surface area contributed by atoms with Gasteiger partial charge in [-0.2, -0.15) is 5.10 Å². The number of aromatic amines is 2. The van der Waals surface area contributed by atoms with Crippen molar-refractivity contribution in [3.63, 3.8) is 0 Å². The van der Waals surface area contributed by atoms with Gasteiger partial charge in [0, 0.05) is 74.7 Å². The minimum Gasteiger partial charge on any atom is -0.376 e. The number of hydrogen-bond donors (Lipinski definition) is 2. The van der Waals surface area contributed by atoms with Gasteiger partial charge >= 0.3 is 0 Å². The van der Waals surface area contributed by atoms with Crippen LogP contribution in [-0.2, 0) is 0 Å². The Hall–Kier alpha value is -3.91. The molecule has 172 valence electrons. The van der Waals surface area contributed by atoms with Crippen molar-refractivity contribution in [1.82, 2.24) is 30.0 Å². The number of nitrogens with zero attached hydrogens (tertiary/aromatic N) is 6. The molecule has 1 aliphatic heterocycles. The van der Waals surface area contributed by atoms with Crippen LogP contribution in [0.4, 0.5) is 11.4 Å². The average Bonchev–Trinajstić information content (AvgIpc) is 3.48. The molecule has 0 atom stereocenters. The van der Waals surface area contributed by atoms with Gasteiger partial charge in [0.1, 0.15) is 11.3 Å². The molecule has 1 fully saturated rings. The Balaban J connectivity index is 1.42. The Morgan fingerprint density at radius 1 is 0.912 bits per heavy atom. The highest BCUT2D eigenvalue weighted by molar-refractivity contribution is 5.99. The third-order valence-electron chi connectivity index (χ3n) is 6.74. The van der Waals surface area contributed by atoms with Crippen LogP contribution < -0.4 is 9.80 Å². The summed E-state index contributed by atoms with van der Waals surface area (Å²) in [6.07, 6.45) is 5.67. The maximum Gasteiger partial charge on any atom is 0.139 e. The summed E-state index contributed by atoms with van der Waals surface area (Å²) in [6, 6.07) is 12.8. The highest BCUT2D eigenvalue weighted by Gasteiger charge is 2.19. The van der Waals surface area contributed by atoms with Crippen LogP contribution in [0.25, 0.3) is 44.5 Å². The molecule has 5 aromatic rings. The molecule has 34 heavy (non-hydrogen) atoms. The third-order valence-corrected chi connectivity index (χ3v) is 6.74. The predicted octanol–water partition coefficient (Wildman–Crippen LogP) is 3.99. The van der Waals surface area contributed by atoms with Gasteiger partial charge in [0.15, 0.2) is 0 Å². The number of likely N-dealkylation sites (N-methyl/N-ethyl adjacent to an activating group) is 1. The van der Waals surface area contributed by atoms with Gasteiger partial charge in [0.25, 0.3) is 0 Å². The van der Waals surface area contributed by atoms with E-state index in [0.717, 1.165) is 76.3 Å². The molecule has 0 spiro atoms. The number of benzene rings is 1. The van der Waals surface area contributed by atoms with E-state index in [1.807, 2.05) is 32.7 Å². The zero-order valence-corrected chi connectivity index (χ0v) is 19.7. The zero-order valence-electron chi connectivity index (χ0n) is 19.7. The van der Waals surface area contributed by atoms with E-state index in [1.54, 1.807) is 0 Å². The Kier molecular flexibility index (Phi) is 4.95. The maximum absolute atomic E-state index is 4.67. The number of aromatic nitrogens is 5. The van der Waals surface area contributed by atoms with Crippen LogP contribution in [-0.4, -0.2) is 77.4 Å². The van der Waals surface area contributed by atoms with Gasteiger partial charge in [-0.25, -0.2) is 4.98 Å². The molecule has 0 radical (unpaired) electrons. The smallest absolute Gasteiger partial charge is 0.139 e. The molecule has 0 saturated carbocycles. The van der Waals surface area contributed by atoms with E-state index in [2.05, 4.69) is 83.3 Å². The third kappa shape index (κ3) is 3.56. The number of anilines is 2. The first-order valence-electron chi connectivity index (χ1n) is 11.6. The first kappa shape index (κ1) is 20.7. The second-order valence-corrected chi connectivity index (χ2v) is 9.22. The normalized spacial score (nSPS) is 14.9. The Morgan fingerprint density at radius 2 is 1.76 bits per heavy atom. The summed E-state index contributed by atoms with van der Waals surface area (Å²) in [5, 5.41) is 10.1. The fraction of sp³-hybridized carbons (Fsp3) is 0.269. The van der Waals surface area contributed by atoms with Crippen molar-refractivity contribution in [2.24, 2.45) is 0 Å². The number of hydrogen-bond acceptors (Lipinski definition) is 6. The molecule has 5 heterocycles. The topological polar surface area (TPSA) is 80.0 Å². The van der Waals surface area contributed by atoms with Crippen LogP contribution in [0.3, 0.4) is 0 Å². The summed E-state index contributed by atoms with van der Waals surface area (Å²) >= 11 is 0. The SMILES string of the molecule is CN1CCN(c2ccnc3[nH]c(-c4n[nH]c5ccc(-c6cncc(N(C)C)c6)cc45)cc23)CC1. The molecule has 6 rings (SSSR count). The first-order chi connectivity index (χ1) is 16.6. The summed E-state index contributed by atoms with van der Waals surface area (Å²) in [5.41, 5.74) is 8.25. The highest BCUT2D eigenvalue weighted by Crippen LogP contribution is 2.34. The van der Waals surface area contributed by atoms with Crippen molar-refractivity contribution in [2.45, 2.75) is 0 Å². The average molecular weight is 453 g/mol. The molecule has 0 unspecified atom stereocenters. The van der Waals surface area contributed by atoms with Crippen molar-refractivity contribution in [1.29, 1.82) is 0 Å². The fourth-order valence-corrected chi connectivity index (χ4v) is 4.69. The van der Waals surface area contributed by atoms with Gasteiger partial charge in [-0.05, 0) is 42.9 Å². The number of rotatable bonds is 4. The van der Waals surface area contributed by atoms with Crippen molar-refractivity contribution >= 4 is 33.3 Å². The molecule has 1 aromatic carbocycles. The zero-order chi connectivity index (χ0) is 23.2. The predicted molar refractivity (Wildman–Crippen MR) is 138 cm³/mol. The van der Waals surface area contributed by atoms with E-state index >= 15 is 0 Å². The van der Waals surface area contributed by atoms with Crippen molar-refractivity contribution < 1.29 is 0 Å². The molecule has 8 nitrogen and oxygen atoms in total. The van der Waals surface area contributed by atoms with Crippen LogP contribution in [0.2, 0.25) is 0 Å². The lowest BCUT2D eigenvalue weighted by Crippen LogP contribution is -2.44. The van der Waals surface area contributed by atoms with Crippen LogP contribution in [0.5, 0.6) is 0 Å². The molecule has 1 saturated heterocycles. The lowest BCUT2D eigenvalue weighted by molar-refractivity contribution is 0.313. The minimum atomic E-state index is 0.890. The van der Waals surface area contributed by atoms with Gasteiger partial charge in [0.05, 0.1) is 23.1 Å². The Bertz CT molecular complexity index is 1470. The van der Waals surface area contributed by atoms with Gasteiger partial charge in [-0.15, -0.1) is 0 Å². The maximum atomic E-state index is 4.67. The minimum absolute atomic E-state index is 0.890. The number of H-pyrrole nitrogens is 2. The van der Waals surface area contributed by atoms with Crippen molar-refractivity contribution in [3.8, 4) is 22.5 Å². The lowest BCUT2D eigenvalue weighted by Gasteiger charge is -2.34. The van der Waals surface area contributed by atoms with Crippen molar-refractivity contribution in [3.05, 3.63) is 55.0 Å². The van der Waals surface area contributed by atoms with Crippen LogP contribution in [0.15, 0.2) is 55.0 Å². The molecule has 0 amide bonds. The fourth-order valence-electron chi connectivity index (χ4n) is 4.69. The van der Waals surface area contributed by atoms with Gasteiger partial charge < -0.3 is 19.7 Å². The highest BCUT2D eigenvalue weighted by atomic mass is 15.2. The number of pyridine rings is 2. The van der Waals surface area contributed by atoms with Gasteiger partial charge in [-0.3, -0.25) is 10.1 Å². The summed E-state index contributed by atoms with van der Waals surface area (Å²) in [6.45, 7) is 4.17. The van der Waals surface area contributed by atoms with Crippen LogP contribution in [0, 0.1) is 0 Å². The summed E-state index contributed by atoms with van der Waals surface area (Å²) in [5.74, 6) is 0. The lowest BCUT2D eigenvalue weighted by atomic mass is 10.0. The Morgan fingerprint density at radius 3 is 2.59 bits per heavy atom. The summed E-state index contributed by atoms with van der Waals surface area (Å²) < 4.78 is 0. The van der Waals surface area contributed by atoms with Crippen molar-refractivity contribution in [2.75, 3.05) is 57.1 Å². The molecule has 8 heteroatoms. The van der Waals surface area contributed by atoms with Gasteiger partial charge in [0.2, 0.25) is 0 Å². The molecular weight excluding hydrogens is 424 g/mol. The van der Waals surface area contributed by atoms with E-state index in [9.17, 15) is 0 Å². The standard InChI is InChI=1S/C26H28N8/c1-32(2)19-12-18(15-27-16-19)17-4-5-22-20(13-17)25(31-30-22)23-14-21-24(6-7-28-26(21)29-23)34-10-8-33(3)9-11-34/h4-7,12-16H,8-11H2,1-3H3,(H,28,29)(H,30,31). The van der Waals surface area contributed by atoms with Crippen LogP contribution in [0.1, 0.15) is 0 Å². The van der Waals surface area contributed by atoms with E-state index < -0.39 is 0 Å². The number of piperazine rings is 1. The largest absolute Gasteiger partial charge is 0.376 e. The van der Waals surface area contributed by atoms with Gasteiger partial charge in [-0.1, -0.05) is 6.07 Å². The van der Waals surface area contributed by atoms with E-state index in [0.29, 0.717) is 0 Å². The quantitative estimate of drug-likeness (QED) is 0.429. The molecule has 0 aliphatic carbocycles. The first-order valence-corrected chi connectivity index (χ1v) is 11.6. The molecule has 4 aromatic heterocycles. The van der Waals surface area contributed by atoms with E-state index in [1.165, 1.54) is 5.69 Å². The Labute approximate surface area is 198 Å². The molecule has 1 aliphatic rings. The van der Waals surface area contributed by atoms with E-state index in [4.69, 9.17) is 0 Å². The summed E-state index contributed by atoms with van der Waals surface area (Å²) in [7, 11) is 6.23. The molecule has 2 N–H and O–H groups in total. The second kappa shape index (κ2) is 8.14. The monoisotopic (exact) mass is 452 g/mol. The molecule has 0 bridgehead atoms. The number of nitrogens with one attached hydrogen (secondary N) is 2. The summed E-state index contributed by atoms with van der Waals surface area (Å²) in [4.78, 5) is 19.4. The van der Waals surface area contributed by atoms with E-state index in [-0.39, 0.29) is 0 Å². The van der Waals surface area contributed by atoms with Crippen LogP contribution >= 0.6 is 0 Å². The number of fused-ring (bicyclic) bond motifs is 2.